The average molecular weight is 165 g/mol. The fraction of sp³-hybridized carbons (Fsp3) is 0.714. The van der Waals surface area contributed by atoms with Crippen LogP contribution in [-0.2, 0) is 0 Å². The lowest BCUT2D eigenvalue weighted by atomic mass is 10.2. The summed E-state index contributed by atoms with van der Waals surface area (Å²) in [6.07, 6.45) is 1.85. The second kappa shape index (κ2) is 16.0. The van der Waals surface area contributed by atoms with Crippen molar-refractivity contribution in [2.75, 3.05) is 6.54 Å². The molecule has 0 aliphatic heterocycles. The van der Waals surface area contributed by atoms with Crippen molar-refractivity contribution < 1.29 is 5.11 Å². The predicted molar refractivity (Wildman–Crippen MR) is 52.3 cm³/mol. The van der Waals surface area contributed by atoms with Gasteiger partial charge in [-0.1, -0.05) is 19.9 Å². The van der Waals surface area contributed by atoms with Crippen LogP contribution in [0.2, 0.25) is 0 Å². The molecule has 0 fully saturated rings. The van der Waals surface area contributed by atoms with E-state index in [4.69, 9.17) is 10.8 Å². The molecule has 0 aromatic rings. The van der Waals surface area contributed by atoms with Gasteiger partial charge < -0.3 is 10.8 Å². The molecule has 0 amide bonds. The summed E-state index contributed by atoms with van der Waals surface area (Å²) < 4.78 is 0. The minimum Gasteiger partial charge on any atom is -0.391 e. The number of aliphatic hydroxyl groups is 1. The van der Waals surface area contributed by atoms with Gasteiger partial charge in [0.1, 0.15) is 0 Å². The summed E-state index contributed by atoms with van der Waals surface area (Å²) in [6.45, 7) is 7.76. The summed E-state index contributed by atoms with van der Waals surface area (Å²) in [5.41, 5.74) is 5.06. The Balaban J connectivity index is -0.000000149. The quantitative estimate of drug-likeness (QED) is 0.483. The maximum atomic E-state index is 8.66. The van der Waals surface area contributed by atoms with Gasteiger partial charge in [0.2, 0.25) is 0 Å². The second-order valence-electron chi connectivity index (χ2n) is 1.41. The molecule has 2 atom stereocenters. The lowest BCUT2D eigenvalue weighted by Gasteiger charge is -1.99. The van der Waals surface area contributed by atoms with Crippen molar-refractivity contribution in [2.24, 2.45) is 5.73 Å². The zero-order valence-corrected chi connectivity index (χ0v) is 8.42. The van der Waals surface area contributed by atoms with Crippen molar-refractivity contribution in [2.45, 2.75) is 26.4 Å². The number of aliphatic hydroxyl groups excluding tert-OH is 1. The molecule has 2 nitrogen and oxygen atoms in total. The highest BCUT2D eigenvalue weighted by atomic mass is 31.0. The molecule has 0 aromatic carbocycles. The second-order valence-corrected chi connectivity index (χ2v) is 1.41. The van der Waals surface area contributed by atoms with Crippen LogP contribution in [0.5, 0.6) is 0 Å². The van der Waals surface area contributed by atoms with Gasteiger partial charge in [0.15, 0.2) is 0 Å². The van der Waals surface area contributed by atoms with E-state index in [2.05, 4.69) is 6.58 Å². The zero-order valence-electron chi connectivity index (χ0n) is 7.01. The lowest BCUT2D eigenvalue weighted by molar-refractivity contribution is 0.186. The van der Waals surface area contributed by atoms with E-state index >= 15 is 0 Å². The lowest BCUT2D eigenvalue weighted by Crippen LogP contribution is -2.18. The summed E-state index contributed by atoms with van der Waals surface area (Å²) >= 11 is 0. The smallest absolute Gasteiger partial charge is 0.0696 e. The number of hydrogen-bond acceptors (Lipinski definition) is 2. The number of hydrogen-bond donors (Lipinski definition) is 2. The molecule has 0 rings (SSSR count). The monoisotopic (exact) mass is 165 g/mol. The minimum atomic E-state index is -0.391. The molecule has 2 unspecified atom stereocenters. The van der Waals surface area contributed by atoms with Crippen molar-refractivity contribution in [1.29, 1.82) is 0 Å². The van der Waals surface area contributed by atoms with Gasteiger partial charge in [-0.25, -0.2) is 0 Å². The third-order valence-electron chi connectivity index (χ3n) is 0.711. The average Bonchev–Trinajstić information content (AvgIpc) is 1.93. The Morgan fingerprint density at radius 1 is 1.60 bits per heavy atom. The van der Waals surface area contributed by atoms with Gasteiger partial charge in [0, 0.05) is 6.54 Å². The van der Waals surface area contributed by atoms with E-state index in [0.717, 1.165) is 0 Å². The molecule has 0 heterocycles. The molecule has 0 radical (unpaired) electrons. The molecule has 3 heteroatoms. The van der Waals surface area contributed by atoms with Crippen LogP contribution < -0.4 is 5.73 Å². The Labute approximate surface area is 67.1 Å². The normalized spacial score (nSPS) is 10.0. The van der Waals surface area contributed by atoms with Crippen LogP contribution in [0.3, 0.4) is 0 Å². The van der Waals surface area contributed by atoms with E-state index in [1.54, 1.807) is 6.08 Å². The van der Waals surface area contributed by atoms with Crippen molar-refractivity contribution >= 4 is 9.90 Å². The molecule has 0 bridgehead atoms. The van der Waals surface area contributed by atoms with Gasteiger partial charge in [0.25, 0.3) is 0 Å². The summed E-state index contributed by atoms with van der Waals surface area (Å²) in [5, 5.41) is 8.66. The summed E-state index contributed by atoms with van der Waals surface area (Å²) in [4.78, 5) is 0. The van der Waals surface area contributed by atoms with Crippen molar-refractivity contribution in [1.82, 2.24) is 0 Å². The van der Waals surface area contributed by atoms with Gasteiger partial charge in [0.05, 0.1) is 6.10 Å². The maximum Gasteiger partial charge on any atom is 0.0696 e. The highest BCUT2D eigenvalue weighted by Gasteiger charge is 1.92. The standard InChI is InChI=1S/C5H11NO.C2H6.H3P/c1-2-3-5(7)4-6;1-2;/h2,5,7H,1,3-4,6H2;1-2H3;1H3. The summed E-state index contributed by atoms with van der Waals surface area (Å²) in [5.74, 6) is 0. The fourth-order valence-electron chi connectivity index (χ4n) is 0.289. The largest absolute Gasteiger partial charge is 0.391 e. The van der Waals surface area contributed by atoms with E-state index in [1.807, 2.05) is 13.8 Å². The van der Waals surface area contributed by atoms with Crippen LogP contribution in [0, 0.1) is 0 Å². The highest BCUT2D eigenvalue weighted by Crippen LogP contribution is 1.86. The van der Waals surface area contributed by atoms with Gasteiger partial charge >= 0.3 is 0 Å². The Morgan fingerprint density at radius 2 is 2.00 bits per heavy atom. The Kier molecular flexibility index (Phi) is 26.6. The maximum absolute atomic E-state index is 8.66. The first-order chi connectivity index (χ1) is 4.31. The third kappa shape index (κ3) is 15.7. The minimum absolute atomic E-state index is 0. The van der Waals surface area contributed by atoms with Crippen molar-refractivity contribution in [3.05, 3.63) is 12.7 Å². The van der Waals surface area contributed by atoms with Gasteiger partial charge in [-0.15, -0.1) is 6.58 Å². The molecular weight excluding hydrogens is 145 g/mol. The summed E-state index contributed by atoms with van der Waals surface area (Å²) in [7, 11) is 0. The van der Waals surface area contributed by atoms with Crippen LogP contribution >= 0.6 is 9.90 Å². The SMILES string of the molecule is C=CCC(O)CN.CC.P. The molecular formula is C7H20NOP. The molecule has 0 spiro atoms. The van der Waals surface area contributed by atoms with Crippen LogP contribution in [0.25, 0.3) is 0 Å². The highest BCUT2D eigenvalue weighted by molar-refractivity contribution is 6.92. The predicted octanol–water partition coefficient (Wildman–Crippen LogP) is 0.966. The molecule has 0 aliphatic rings. The Morgan fingerprint density at radius 3 is 2.10 bits per heavy atom. The molecule has 3 N–H and O–H groups in total. The first kappa shape index (κ1) is 16.6. The Hall–Kier alpha value is 0.0900. The van der Waals surface area contributed by atoms with E-state index < -0.39 is 6.10 Å². The van der Waals surface area contributed by atoms with Crippen LogP contribution in [0.15, 0.2) is 12.7 Å². The molecule has 64 valence electrons. The Bertz CT molecular complexity index is 59.6. The molecule has 0 aromatic heterocycles. The van der Waals surface area contributed by atoms with Crippen molar-refractivity contribution in [3.8, 4) is 0 Å². The van der Waals surface area contributed by atoms with Crippen LogP contribution in [-0.4, -0.2) is 17.8 Å². The molecule has 0 saturated carbocycles. The fourth-order valence-corrected chi connectivity index (χ4v) is 0.289. The van der Waals surface area contributed by atoms with E-state index in [-0.39, 0.29) is 9.90 Å². The first-order valence-electron chi connectivity index (χ1n) is 3.30. The first-order valence-corrected chi connectivity index (χ1v) is 3.30. The zero-order chi connectivity index (χ0) is 7.70. The third-order valence-corrected chi connectivity index (χ3v) is 0.711. The van der Waals surface area contributed by atoms with Gasteiger partial charge in [-0.05, 0) is 6.42 Å². The van der Waals surface area contributed by atoms with Crippen molar-refractivity contribution in [3.63, 3.8) is 0 Å². The number of rotatable bonds is 3. The topological polar surface area (TPSA) is 46.2 Å². The summed E-state index contributed by atoms with van der Waals surface area (Å²) in [6, 6.07) is 0. The van der Waals surface area contributed by atoms with E-state index in [0.29, 0.717) is 13.0 Å². The van der Waals surface area contributed by atoms with Crippen LogP contribution in [0.1, 0.15) is 20.3 Å². The molecule has 0 saturated heterocycles. The van der Waals surface area contributed by atoms with Gasteiger partial charge in [-0.2, -0.15) is 9.90 Å². The molecule has 10 heavy (non-hydrogen) atoms. The van der Waals surface area contributed by atoms with E-state index in [9.17, 15) is 0 Å². The molecule has 0 aliphatic carbocycles. The van der Waals surface area contributed by atoms with E-state index in [1.165, 1.54) is 0 Å². The van der Waals surface area contributed by atoms with Crippen LogP contribution in [0.4, 0.5) is 0 Å². The van der Waals surface area contributed by atoms with Gasteiger partial charge in [-0.3, -0.25) is 0 Å². The number of nitrogens with two attached hydrogens (primary N) is 1.